The van der Waals surface area contributed by atoms with Gasteiger partial charge in [0.25, 0.3) is 5.56 Å². The number of carbonyl (C=O) groups is 1. The highest BCUT2D eigenvalue weighted by atomic mass is 32.2. The minimum atomic E-state index is -0.119. The second-order valence-electron chi connectivity index (χ2n) is 5.19. The van der Waals surface area contributed by atoms with E-state index in [1.165, 1.54) is 23.1 Å². The van der Waals surface area contributed by atoms with Crippen molar-refractivity contribution >= 4 is 39.2 Å². The lowest BCUT2D eigenvalue weighted by atomic mass is 10.2. The molecule has 0 saturated heterocycles. The van der Waals surface area contributed by atoms with E-state index in [1.54, 1.807) is 17.8 Å². The summed E-state index contributed by atoms with van der Waals surface area (Å²) < 4.78 is 6.69. The van der Waals surface area contributed by atoms with Crippen LogP contribution < -0.4 is 10.9 Å². The summed E-state index contributed by atoms with van der Waals surface area (Å²) >= 11 is 2.76. The van der Waals surface area contributed by atoms with E-state index in [4.69, 9.17) is 4.74 Å². The molecule has 0 atom stereocenters. The minimum Gasteiger partial charge on any atom is -0.383 e. The van der Waals surface area contributed by atoms with Crippen molar-refractivity contribution in [1.29, 1.82) is 0 Å². The maximum atomic E-state index is 12.9. The summed E-state index contributed by atoms with van der Waals surface area (Å²) in [6.07, 6.45) is 1.62. The molecule has 0 unspecified atom stereocenters. The number of aryl methyl sites for hydroxylation is 2. The molecule has 0 aliphatic carbocycles. The number of thioether (sulfide) groups is 1. The van der Waals surface area contributed by atoms with Gasteiger partial charge in [-0.3, -0.25) is 14.2 Å². The Morgan fingerprint density at radius 3 is 2.92 bits per heavy atom. The molecule has 0 aromatic carbocycles. The van der Waals surface area contributed by atoms with Gasteiger partial charge in [-0.2, -0.15) is 0 Å². The first-order chi connectivity index (χ1) is 11.5. The van der Waals surface area contributed by atoms with Crippen LogP contribution in [0.15, 0.2) is 22.6 Å². The predicted octanol–water partition coefficient (Wildman–Crippen LogP) is 2.12. The molecular formula is C16H21N3O3S2. The number of thiophene rings is 1. The van der Waals surface area contributed by atoms with Gasteiger partial charge >= 0.3 is 0 Å². The fourth-order valence-electron chi connectivity index (χ4n) is 2.17. The third kappa shape index (κ3) is 4.06. The van der Waals surface area contributed by atoms with Crippen LogP contribution >= 0.6 is 23.1 Å². The Hall–Kier alpha value is -1.64. The van der Waals surface area contributed by atoms with Gasteiger partial charge in [0.1, 0.15) is 4.83 Å². The quantitative estimate of drug-likeness (QED) is 0.439. The number of hydrogen-bond donors (Lipinski definition) is 1. The standard InChI is InChI=1S/C16H21N3O3S2/c1-5-6-17-12(20)9-23-16-18-14-13(10(2)11(3)24-14)15(21)19(16)7-8-22-4/h5H,1,6-9H2,2-4H3,(H,17,20). The molecule has 2 aromatic rings. The third-order valence-electron chi connectivity index (χ3n) is 3.55. The van der Waals surface area contributed by atoms with Crippen molar-refractivity contribution in [2.45, 2.75) is 25.5 Å². The van der Waals surface area contributed by atoms with Crippen LogP contribution in [0.5, 0.6) is 0 Å². The Labute approximate surface area is 148 Å². The number of ether oxygens (including phenoxy) is 1. The van der Waals surface area contributed by atoms with E-state index in [2.05, 4.69) is 16.9 Å². The molecular weight excluding hydrogens is 346 g/mol. The predicted molar refractivity (Wildman–Crippen MR) is 99.2 cm³/mol. The molecule has 0 radical (unpaired) electrons. The van der Waals surface area contributed by atoms with E-state index in [0.29, 0.717) is 30.2 Å². The molecule has 1 amide bonds. The lowest BCUT2D eigenvalue weighted by molar-refractivity contribution is -0.118. The van der Waals surface area contributed by atoms with Gasteiger partial charge in [0.05, 0.1) is 24.3 Å². The van der Waals surface area contributed by atoms with Gasteiger partial charge in [0.2, 0.25) is 5.91 Å². The van der Waals surface area contributed by atoms with Gasteiger partial charge in [0.15, 0.2) is 5.16 Å². The topological polar surface area (TPSA) is 73.2 Å². The van der Waals surface area contributed by atoms with Crippen molar-refractivity contribution in [3.63, 3.8) is 0 Å². The van der Waals surface area contributed by atoms with Gasteiger partial charge in [-0.1, -0.05) is 17.8 Å². The molecule has 0 aliphatic heterocycles. The number of carbonyl (C=O) groups excluding carboxylic acids is 1. The van der Waals surface area contributed by atoms with Gasteiger partial charge in [0, 0.05) is 18.5 Å². The van der Waals surface area contributed by atoms with E-state index >= 15 is 0 Å². The SMILES string of the molecule is C=CCNC(=O)CSc1nc2sc(C)c(C)c2c(=O)n1CCOC. The van der Waals surface area contributed by atoms with Crippen LogP contribution in [0.3, 0.4) is 0 Å². The van der Waals surface area contributed by atoms with Crippen molar-refractivity contribution in [1.82, 2.24) is 14.9 Å². The number of nitrogens with zero attached hydrogens (tertiary/aromatic N) is 2. The monoisotopic (exact) mass is 367 g/mol. The molecule has 0 spiro atoms. The lowest BCUT2D eigenvalue weighted by Crippen LogP contribution is -2.27. The Bertz CT molecular complexity index is 811. The van der Waals surface area contributed by atoms with Crippen LogP contribution in [-0.4, -0.2) is 41.5 Å². The number of fused-ring (bicyclic) bond motifs is 1. The molecule has 0 aliphatic rings. The van der Waals surface area contributed by atoms with E-state index in [9.17, 15) is 9.59 Å². The van der Waals surface area contributed by atoms with E-state index in [1.807, 2.05) is 13.8 Å². The van der Waals surface area contributed by atoms with Crippen LogP contribution in [0.1, 0.15) is 10.4 Å². The number of nitrogens with one attached hydrogen (secondary N) is 1. The zero-order valence-electron chi connectivity index (χ0n) is 14.0. The van der Waals surface area contributed by atoms with Gasteiger partial charge in [-0.15, -0.1) is 17.9 Å². The summed E-state index contributed by atoms with van der Waals surface area (Å²) in [6.45, 7) is 8.72. The zero-order chi connectivity index (χ0) is 17.7. The van der Waals surface area contributed by atoms with Gasteiger partial charge in [-0.05, 0) is 19.4 Å². The fourth-order valence-corrected chi connectivity index (χ4v) is 4.09. The van der Waals surface area contributed by atoms with Crippen LogP contribution in [-0.2, 0) is 16.1 Å². The van der Waals surface area contributed by atoms with Crippen LogP contribution in [0.4, 0.5) is 0 Å². The van der Waals surface area contributed by atoms with E-state index < -0.39 is 0 Å². The first-order valence-electron chi connectivity index (χ1n) is 7.49. The Morgan fingerprint density at radius 1 is 1.50 bits per heavy atom. The molecule has 0 saturated carbocycles. The van der Waals surface area contributed by atoms with Crippen molar-refractivity contribution in [2.75, 3.05) is 26.0 Å². The van der Waals surface area contributed by atoms with E-state index in [0.717, 1.165) is 15.3 Å². The van der Waals surface area contributed by atoms with Crippen LogP contribution in [0, 0.1) is 13.8 Å². The average Bonchev–Trinajstić information content (AvgIpc) is 2.84. The number of aromatic nitrogens is 2. The van der Waals surface area contributed by atoms with Gasteiger partial charge in [-0.25, -0.2) is 4.98 Å². The molecule has 2 rings (SSSR count). The Morgan fingerprint density at radius 2 is 2.25 bits per heavy atom. The maximum Gasteiger partial charge on any atom is 0.263 e. The number of amides is 1. The molecule has 1 N–H and O–H groups in total. The van der Waals surface area contributed by atoms with Crippen LogP contribution in [0.25, 0.3) is 10.2 Å². The molecule has 6 nitrogen and oxygen atoms in total. The second-order valence-corrected chi connectivity index (χ2v) is 7.33. The molecule has 130 valence electrons. The first-order valence-corrected chi connectivity index (χ1v) is 9.29. The Balaban J connectivity index is 2.37. The smallest absolute Gasteiger partial charge is 0.263 e. The summed E-state index contributed by atoms with van der Waals surface area (Å²) in [4.78, 5) is 31.1. The lowest BCUT2D eigenvalue weighted by Gasteiger charge is -2.11. The average molecular weight is 367 g/mol. The third-order valence-corrected chi connectivity index (χ3v) is 5.63. The summed E-state index contributed by atoms with van der Waals surface area (Å²) in [5, 5.41) is 3.92. The van der Waals surface area contributed by atoms with Crippen molar-refractivity contribution in [2.24, 2.45) is 0 Å². The first kappa shape index (κ1) is 18.7. The Kier molecular flexibility index (Phi) is 6.59. The number of hydrogen-bond acceptors (Lipinski definition) is 6. The van der Waals surface area contributed by atoms with Crippen molar-refractivity contribution in [3.8, 4) is 0 Å². The van der Waals surface area contributed by atoms with E-state index in [-0.39, 0.29) is 17.2 Å². The summed E-state index contributed by atoms with van der Waals surface area (Å²) in [5.41, 5.74) is 0.895. The molecule has 2 heterocycles. The summed E-state index contributed by atoms with van der Waals surface area (Å²) in [5.74, 6) is 0.0772. The molecule has 2 aromatic heterocycles. The van der Waals surface area contributed by atoms with Crippen LogP contribution in [0.2, 0.25) is 0 Å². The molecule has 24 heavy (non-hydrogen) atoms. The summed E-state index contributed by atoms with van der Waals surface area (Å²) in [7, 11) is 1.59. The normalized spacial score (nSPS) is 11.0. The zero-order valence-corrected chi connectivity index (χ0v) is 15.7. The maximum absolute atomic E-state index is 12.9. The minimum absolute atomic E-state index is 0.0760. The highest BCUT2D eigenvalue weighted by Gasteiger charge is 2.17. The highest BCUT2D eigenvalue weighted by molar-refractivity contribution is 7.99. The fraction of sp³-hybridized carbons (Fsp3) is 0.438. The highest BCUT2D eigenvalue weighted by Crippen LogP contribution is 2.28. The second kappa shape index (κ2) is 8.46. The van der Waals surface area contributed by atoms with Crippen molar-refractivity contribution in [3.05, 3.63) is 33.4 Å². The van der Waals surface area contributed by atoms with Crippen molar-refractivity contribution < 1.29 is 9.53 Å². The largest absolute Gasteiger partial charge is 0.383 e. The molecule has 0 bridgehead atoms. The number of rotatable bonds is 8. The van der Waals surface area contributed by atoms with Gasteiger partial charge < -0.3 is 10.1 Å². The molecule has 8 heteroatoms. The number of methoxy groups -OCH3 is 1. The molecule has 0 fully saturated rings. The summed E-state index contributed by atoms with van der Waals surface area (Å²) in [6, 6.07) is 0.